The zero-order valence-corrected chi connectivity index (χ0v) is 9.31. The van der Waals surface area contributed by atoms with Crippen molar-refractivity contribution in [3.63, 3.8) is 0 Å². The molecular formula is C11H22N2O. The van der Waals surface area contributed by atoms with E-state index in [9.17, 15) is 4.79 Å². The van der Waals surface area contributed by atoms with E-state index in [0.29, 0.717) is 18.9 Å². The number of hydrogen-bond acceptors (Lipinski definition) is 2. The van der Waals surface area contributed by atoms with Gasteiger partial charge in [0, 0.05) is 12.0 Å². The van der Waals surface area contributed by atoms with Gasteiger partial charge in [0.2, 0.25) is 5.91 Å². The Labute approximate surface area is 86.4 Å². The van der Waals surface area contributed by atoms with Gasteiger partial charge in [-0.2, -0.15) is 0 Å². The van der Waals surface area contributed by atoms with E-state index in [1.807, 2.05) is 0 Å². The Morgan fingerprint density at radius 2 is 2.21 bits per heavy atom. The third-order valence-electron chi connectivity index (χ3n) is 3.16. The van der Waals surface area contributed by atoms with E-state index in [4.69, 9.17) is 5.73 Å². The van der Waals surface area contributed by atoms with E-state index in [-0.39, 0.29) is 11.4 Å². The lowest BCUT2D eigenvalue weighted by Crippen LogP contribution is -2.50. The van der Waals surface area contributed by atoms with E-state index in [2.05, 4.69) is 19.2 Å². The van der Waals surface area contributed by atoms with Crippen molar-refractivity contribution < 1.29 is 4.79 Å². The van der Waals surface area contributed by atoms with Crippen LogP contribution >= 0.6 is 0 Å². The Balaban J connectivity index is 2.16. The average molecular weight is 198 g/mol. The van der Waals surface area contributed by atoms with Crippen molar-refractivity contribution >= 4 is 5.91 Å². The Kier molecular flexibility index (Phi) is 3.93. The average Bonchev–Trinajstić information content (AvgIpc) is 2.11. The highest BCUT2D eigenvalue weighted by atomic mass is 16.1. The van der Waals surface area contributed by atoms with Crippen LogP contribution < -0.4 is 11.1 Å². The van der Waals surface area contributed by atoms with Gasteiger partial charge < -0.3 is 11.1 Å². The van der Waals surface area contributed by atoms with Crippen molar-refractivity contribution in [3.05, 3.63) is 0 Å². The highest BCUT2D eigenvalue weighted by Gasteiger charge is 2.32. The molecule has 0 aromatic carbocycles. The summed E-state index contributed by atoms with van der Waals surface area (Å²) in [4.78, 5) is 11.5. The standard InChI is InChI=1S/C11H22N2O/c1-9(8-12)4-5-10(14)13-11(2)6-3-7-11/h9H,3-8,12H2,1-2H3,(H,13,14). The highest BCUT2D eigenvalue weighted by molar-refractivity contribution is 5.76. The van der Waals surface area contributed by atoms with Crippen molar-refractivity contribution in [1.82, 2.24) is 5.32 Å². The smallest absolute Gasteiger partial charge is 0.220 e. The first-order valence-electron chi connectivity index (χ1n) is 5.57. The van der Waals surface area contributed by atoms with Crippen LogP contribution in [0.4, 0.5) is 0 Å². The topological polar surface area (TPSA) is 55.1 Å². The summed E-state index contributed by atoms with van der Waals surface area (Å²) in [5, 5.41) is 3.09. The molecule has 0 bridgehead atoms. The molecule has 14 heavy (non-hydrogen) atoms. The van der Waals surface area contributed by atoms with Crippen molar-refractivity contribution in [2.75, 3.05) is 6.54 Å². The van der Waals surface area contributed by atoms with Crippen LogP contribution in [0.5, 0.6) is 0 Å². The summed E-state index contributed by atoms with van der Waals surface area (Å²) in [6.45, 7) is 4.88. The lowest BCUT2D eigenvalue weighted by Gasteiger charge is -2.39. The summed E-state index contributed by atoms with van der Waals surface area (Å²) in [7, 11) is 0. The molecule has 0 aromatic heterocycles. The van der Waals surface area contributed by atoms with Crippen LogP contribution in [-0.4, -0.2) is 18.0 Å². The molecule has 0 radical (unpaired) electrons. The van der Waals surface area contributed by atoms with Gasteiger partial charge in [-0.1, -0.05) is 6.92 Å². The first-order valence-corrected chi connectivity index (χ1v) is 5.57. The molecule has 1 saturated carbocycles. The minimum absolute atomic E-state index is 0.100. The van der Waals surface area contributed by atoms with Gasteiger partial charge in [-0.25, -0.2) is 0 Å². The van der Waals surface area contributed by atoms with Crippen LogP contribution in [0.15, 0.2) is 0 Å². The summed E-state index contributed by atoms with van der Waals surface area (Å²) >= 11 is 0. The predicted molar refractivity (Wildman–Crippen MR) is 57.9 cm³/mol. The van der Waals surface area contributed by atoms with Crippen LogP contribution in [0.25, 0.3) is 0 Å². The quantitative estimate of drug-likeness (QED) is 0.702. The van der Waals surface area contributed by atoms with Crippen molar-refractivity contribution in [3.8, 4) is 0 Å². The summed E-state index contributed by atoms with van der Waals surface area (Å²) in [5.41, 5.74) is 5.59. The van der Waals surface area contributed by atoms with E-state index in [1.54, 1.807) is 0 Å². The SMILES string of the molecule is CC(CN)CCC(=O)NC1(C)CCC1. The molecule has 3 heteroatoms. The molecule has 1 rings (SSSR count). The zero-order chi connectivity index (χ0) is 10.6. The molecule has 0 aromatic rings. The van der Waals surface area contributed by atoms with Crippen molar-refractivity contribution in [1.29, 1.82) is 0 Å². The molecule has 1 atom stereocenters. The second kappa shape index (κ2) is 4.78. The molecule has 0 heterocycles. The fraction of sp³-hybridized carbons (Fsp3) is 0.909. The molecular weight excluding hydrogens is 176 g/mol. The summed E-state index contributed by atoms with van der Waals surface area (Å²) < 4.78 is 0. The van der Waals surface area contributed by atoms with E-state index in [1.165, 1.54) is 6.42 Å². The van der Waals surface area contributed by atoms with Gasteiger partial charge in [0.05, 0.1) is 0 Å². The largest absolute Gasteiger partial charge is 0.351 e. The van der Waals surface area contributed by atoms with Crippen LogP contribution in [-0.2, 0) is 4.79 Å². The summed E-state index contributed by atoms with van der Waals surface area (Å²) in [6, 6.07) is 0. The lowest BCUT2D eigenvalue weighted by atomic mass is 9.78. The molecule has 1 aliphatic rings. The van der Waals surface area contributed by atoms with Crippen LogP contribution in [0.2, 0.25) is 0 Å². The molecule has 1 aliphatic carbocycles. The molecule has 3 N–H and O–H groups in total. The summed E-state index contributed by atoms with van der Waals surface area (Å²) in [5.74, 6) is 0.641. The number of rotatable bonds is 5. The van der Waals surface area contributed by atoms with E-state index in [0.717, 1.165) is 19.3 Å². The predicted octanol–water partition coefficient (Wildman–Crippen LogP) is 1.42. The van der Waals surface area contributed by atoms with Gasteiger partial charge in [-0.3, -0.25) is 4.79 Å². The maximum Gasteiger partial charge on any atom is 0.220 e. The molecule has 1 amide bonds. The van der Waals surface area contributed by atoms with Crippen molar-refractivity contribution in [2.24, 2.45) is 11.7 Å². The molecule has 3 nitrogen and oxygen atoms in total. The van der Waals surface area contributed by atoms with Gasteiger partial charge in [0.1, 0.15) is 0 Å². The normalized spacial score (nSPS) is 21.1. The third kappa shape index (κ3) is 3.29. The molecule has 0 saturated heterocycles. The third-order valence-corrected chi connectivity index (χ3v) is 3.16. The Hall–Kier alpha value is -0.570. The van der Waals surface area contributed by atoms with Gasteiger partial charge in [0.15, 0.2) is 0 Å². The maximum absolute atomic E-state index is 11.5. The molecule has 82 valence electrons. The summed E-state index contributed by atoms with van der Waals surface area (Å²) in [6.07, 6.45) is 5.03. The Morgan fingerprint density at radius 3 is 2.64 bits per heavy atom. The van der Waals surface area contributed by atoms with Crippen LogP contribution in [0, 0.1) is 5.92 Å². The minimum atomic E-state index is 0.100. The molecule has 1 unspecified atom stereocenters. The second-order valence-electron chi connectivity index (χ2n) is 4.84. The number of nitrogens with two attached hydrogens (primary N) is 1. The molecule has 0 spiro atoms. The van der Waals surface area contributed by atoms with E-state index < -0.39 is 0 Å². The highest BCUT2D eigenvalue weighted by Crippen LogP contribution is 2.30. The fourth-order valence-corrected chi connectivity index (χ4v) is 1.73. The fourth-order valence-electron chi connectivity index (χ4n) is 1.73. The second-order valence-corrected chi connectivity index (χ2v) is 4.84. The van der Waals surface area contributed by atoms with Gasteiger partial charge in [-0.05, 0) is 45.1 Å². The maximum atomic E-state index is 11.5. The van der Waals surface area contributed by atoms with Gasteiger partial charge in [0.25, 0.3) is 0 Å². The number of amides is 1. The Morgan fingerprint density at radius 1 is 1.57 bits per heavy atom. The van der Waals surface area contributed by atoms with E-state index >= 15 is 0 Å². The Bertz CT molecular complexity index is 199. The first kappa shape index (κ1) is 11.5. The van der Waals surface area contributed by atoms with Gasteiger partial charge in [-0.15, -0.1) is 0 Å². The van der Waals surface area contributed by atoms with Crippen LogP contribution in [0.1, 0.15) is 46.0 Å². The number of nitrogens with one attached hydrogen (secondary N) is 1. The number of carbonyl (C=O) groups is 1. The number of carbonyl (C=O) groups excluding carboxylic acids is 1. The monoisotopic (exact) mass is 198 g/mol. The van der Waals surface area contributed by atoms with Crippen LogP contribution in [0.3, 0.4) is 0 Å². The van der Waals surface area contributed by atoms with Gasteiger partial charge >= 0.3 is 0 Å². The molecule has 0 aliphatic heterocycles. The first-order chi connectivity index (χ1) is 6.56. The zero-order valence-electron chi connectivity index (χ0n) is 9.31. The minimum Gasteiger partial charge on any atom is -0.351 e. The number of hydrogen-bond donors (Lipinski definition) is 2. The molecule has 1 fully saturated rings. The van der Waals surface area contributed by atoms with Crippen molar-refractivity contribution in [2.45, 2.75) is 51.5 Å². The lowest BCUT2D eigenvalue weighted by molar-refractivity contribution is -0.124.